The highest BCUT2D eigenvalue weighted by Gasteiger charge is 2.64. The number of cyclic esters (lactones) is 2. The first-order valence-electron chi connectivity index (χ1n) is 5.00. The summed E-state index contributed by atoms with van der Waals surface area (Å²) in [5, 5.41) is 8.62. The predicted molar refractivity (Wildman–Crippen MR) is 45.1 cm³/mol. The fourth-order valence-electron chi connectivity index (χ4n) is 2.98. The van der Waals surface area contributed by atoms with Gasteiger partial charge in [0.05, 0.1) is 30.1 Å². The molecule has 0 aromatic heterocycles. The van der Waals surface area contributed by atoms with Crippen LogP contribution in [0.15, 0.2) is 0 Å². The maximum Gasteiger partial charge on any atom is 0.320 e. The summed E-state index contributed by atoms with van der Waals surface area (Å²) in [6.45, 7) is 0. The normalized spacial score (nSPS) is 46.5. The summed E-state index contributed by atoms with van der Waals surface area (Å²) in [6, 6.07) is 2.08. The van der Waals surface area contributed by atoms with Crippen molar-refractivity contribution in [3.8, 4) is 6.07 Å². The quantitative estimate of drug-likeness (QED) is 0.447. The fraction of sp³-hybridized carbons (Fsp3) is 0.700. The molecule has 0 amide bonds. The average molecular weight is 207 g/mol. The lowest BCUT2D eigenvalue weighted by Crippen LogP contribution is -2.34. The van der Waals surface area contributed by atoms with E-state index in [2.05, 4.69) is 10.8 Å². The minimum Gasteiger partial charge on any atom is -0.393 e. The predicted octanol–water partition coefficient (Wildman–Crippen LogP) is 0.00318. The topological polar surface area (TPSA) is 76.4 Å². The third-order valence-corrected chi connectivity index (χ3v) is 3.57. The van der Waals surface area contributed by atoms with Crippen molar-refractivity contribution >= 4 is 11.9 Å². The number of carbonyl (C=O) groups excluding carboxylic acids is 2. The first kappa shape index (κ1) is 8.86. The number of rotatable bonds is 1. The third kappa shape index (κ3) is 0.999. The molecule has 78 valence electrons. The van der Waals surface area contributed by atoms with Crippen molar-refractivity contribution in [2.75, 3.05) is 0 Å². The largest absolute Gasteiger partial charge is 0.393 e. The van der Waals surface area contributed by atoms with Gasteiger partial charge in [-0.1, -0.05) is 0 Å². The number of hydrogen-bond donors (Lipinski definition) is 0. The summed E-state index contributed by atoms with van der Waals surface area (Å²) in [4.78, 5) is 22.7. The van der Waals surface area contributed by atoms with Crippen LogP contribution in [0, 0.1) is 29.1 Å². The number of nitrogens with zero attached hydrogens (tertiary/aromatic N) is 1. The highest BCUT2D eigenvalue weighted by atomic mass is 16.6. The minimum atomic E-state index is -0.472. The number of carbonyl (C=O) groups is 2. The second-order valence-corrected chi connectivity index (χ2v) is 4.29. The zero-order valence-electron chi connectivity index (χ0n) is 7.88. The lowest BCUT2D eigenvalue weighted by Gasteiger charge is -2.21. The molecule has 2 bridgehead atoms. The van der Waals surface area contributed by atoms with Gasteiger partial charge in [-0.25, -0.2) is 0 Å². The first-order chi connectivity index (χ1) is 7.22. The molecule has 0 aromatic carbocycles. The second-order valence-electron chi connectivity index (χ2n) is 4.29. The van der Waals surface area contributed by atoms with Gasteiger partial charge in [-0.05, 0) is 6.42 Å². The van der Waals surface area contributed by atoms with Gasteiger partial charge in [0, 0.05) is 12.3 Å². The van der Waals surface area contributed by atoms with Gasteiger partial charge in [0.1, 0.15) is 0 Å². The van der Waals surface area contributed by atoms with Crippen LogP contribution in [0.1, 0.15) is 12.8 Å². The molecule has 15 heavy (non-hydrogen) atoms. The summed E-state index contributed by atoms with van der Waals surface area (Å²) >= 11 is 0. The molecule has 3 heterocycles. The van der Waals surface area contributed by atoms with Gasteiger partial charge in [0.2, 0.25) is 0 Å². The van der Waals surface area contributed by atoms with E-state index in [1.54, 1.807) is 0 Å². The highest BCUT2D eigenvalue weighted by molar-refractivity contribution is 5.98. The second kappa shape index (κ2) is 2.80. The standard InChI is InChI=1S/C10H9NO4/c11-2-1-4-3-5-6-7(8(4)14-5)10(13)15-9(6)12/h4-8H,1,3H2/t4-,5-,6-,7-,8+/m0/s1. The number of fused-ring (bicyclic) bond motifs is 5. The van der Waals surface area contributed by atoms with E-state index in [9.17, 15) is 9.59 Å². The Morgan fingerprint density at radius 2 is 2.07 bits per heavy atom. The van der Waals surface area contributed by atoms with E-state index >= 15 is 0 Å². The lowest BCUT2D eigenvalue weighted by atomic mass is 9.74. The van der Waals surface area contributed by atoms with E-state index in [1.807, 2.05) is 0 Å². The van der Waals surface area contributed by atoms with Crippen LogP contribution >= 0.6 is 0 Å². The SMILES string of the molecule is N#CC[C@H]1C[C@@H]2O[C@H]1[C@H]1C(=O)OC(=O)[C@H]12. The van der Waals surface area contributed by atoms with Crippen LogP contribution in [-0.4, -0.2) is 24.1 Å². The minimum absolute atomic E-state index is 0.0831. The molecule has 3 rings (SSSR count). The molecule has 3 fully saturated rings. The monoisotopic (exact) mass is 207 g/mol. The summed E-state index contributed by atoms with van der Waals surface area (Å²) in [7, 11) is 0. The van der Waals surface area contributed by atoms with Crippen molar-refractivity contribution in [3.05, 3.63) is 0 Å². The Bertz CT molecular complexity index is 385. The van der Waals surface area contributed by atoms with Gasteiger partial charge in [0.25, 0.3) is 0 Å². The number of hydrogen-bond acceptors (Lipinski definition) is 5. The van der Waals surface area contributed by atoms with Gasteiger partial charge in [0.15, 0.2) is 0 Å². The smallest absolute Gasteiger partial charge is 0.320 e. The fourth-order valence-corrected chi connectivity index (χ4v) is 2.98. The van der Waals surface area contributed by atoms with Crippen molar-refractivity contribution in [3.63, 3.8) is 0 Å². The molecule has 3 aliphatic heterocycles. The van der Waals surface area contributed by atoms with Gasteiger partial charge in [-0.3, -0.25) is 9.59 Å². The summed E-state index contributed by atoms with van der Waals surface area (Å²) in [5.41, 5.74) is 0. The molecule has 0 saturated carbocycles. The van der Waals surface area contributed by atoms with Gasteiger partial charge in [-0.15, -0.1) is 0 Å². The van der Waals surface area contributed by atoms with Crippen LogP contribution in [0.4, 0.5) is 0 Å². The first-order valence-corrected chi connectivity index (χ1v) is 5.00. The molecular weight excluding hydrogens is 198 g/mol. The molecule has 5 atom stereocenters. The van der Waals surface area contributed by atoms with Crippen molar-refractivity contribution in [2.45, 2.75) is 25.0 Å². The van der Waals surface area contributed by atoms with Crippen LogP contribution < -0.4 is 0 Å². The van der Waals surface area contributed by atoms with Gasteiger partial charge in [-0.2, -0.15) is 5.26 Å². The van der Waals surface area contributed by atoms with E-state index in [4.69, 9.17) is 10.00 Å². The third-order valence-electron chi connectivity index (χ3n) is 3.57. The van der Waals surface area contributed by atoms with Crippen LogP contribution in [-0.2, 0) is 19.1 Å². The summed E-state index contributed by atoms with van der Waals surface area (Å²) in [6.07, 6.45) is 0.587. The van der Waals surface area contributed by atoms with E-state index in [0.29, 0.717) is 12.8 Å². The molecule has 3 aliphatic rings. The molecule has 0 aromatic rings. The number of nitriles is 1. The Morgan fingerprint density at radius 3 is 2.80 bits per heavy atom. The molecule has 0 spiro atoms. The maximum atomic E-state index is 11.4. The summed E-state index contributed by atoms with van der Waals surface area (Å²) < 4.78 is 10.2. The van der Waals surface area contributed by atoms with E-state index < -0.39 is 23.8 Å². The van der Waals surface area contributed by atoms with Gasteiger partial charge >= 0.3 is 11.9 Å². The molecule has 0 N–H and O–H groups in total. The zero-order valence-corrected chi connectivity index (χ0v) is 7.88. The number of esters is 2. The molecule has 0 unspecified atom stereocenters. The van der Waals surface area contributed by atoms with E-state index in [1.165, 1.54) is 0 Å². The van der Waals surface area contributed by atoms with Crippen molar-refractivity contribution in [1.29, 1.82) is 5.26 Å². The Hall–Kier alpha value is -1.41. The van der Waals surface area contributed by atoms with Crippen LogP contribution in [0.25, 0.3) is 0 Å². The van der Waals surface area contributed by atoms with E-state index in [-0.39, 0.29) is 18.1 Å². The zero-order chi connectivity index (χ0) is 10.6. The van der Waals surface area contributed by atoms with Crippen LogP contribution in [0.2, 0.25) is 0 Å². The maximum absolute atomic E-state index is 11.4. The summed E-state index contributed by atoms with van der Waals surface area (Å²) in [5.74, 6) is -1.69. The average Bonchev–Trinajstić information content (AvgIpc) is 2.80. The van der Waals surface area contributed by atoms with Crippen molar-refractivity contribution < 1.29 is 19.1 Å². The lowest BCUT2D eigenvalue weighted by molar-refractivity contribution is -0.156. The van der Waals surface area contributed by atoms with Crippen molar-refractivity contribution in [2.24, 2.45) is 17.8 Å². The van der Waals surface area contributed by atoms with E-state index in [0.717, 1.165) is 0 Å². The Balaban J connectivity index is 1.89. The molecule has 0 aliphatic carbocycles. The molecule has 0 radical (unpaired) electrons. The Labute approximate surface area is 85.9 Å². The Kier molecular flexibility index (Phi) is 1.65. The molecular formula is C10H9NO4. The van der Waals surface area contributed by atoms with Crippen LogP contribution in [0.5, 0.6) is 0 Å². The molecule has 5 nitrogen and oxygen atoms in total. The van der Waals surface area contributed by atoms with Crippen molar-refractivity contribution in [1.82, 2.24) is 0 Å². The van der Waals surface area contributed by atoms with Crippen LogP contribution in [0.3, 0.4) is 0 Å². The van der Waals surface area contributed by atoms with Gasteiger partial charge < -0.3 is 9.47 Å². The molecule has 5 heteroatoms. The highest BCUT2D eigenvalue weighted by Crippen LogP contribution is 2.51. The number of ether oxygens (including phenoxy) is 2. The molecule has 3 saturated heterocycles. The Morgan fingerprint density at radius 1 is 1.33 bits per heavy atom.